The van der Waals surface area contributed by atoms with Crippen molar-refractivity contribution < 1.29 is 4.42 Å². The van der Waals surface area contributed by atoms with Crippen molar-refractivity contribution in [1.82, 2.24) is 0 Å². The predicted octanol–water partition coefficient (Wildman–Crippen LogP) is 8.01. The lowest BCUT2D eigenvalue weighted by Gasteiger charge is -2.43. The Bertz CT molecular complexity index is 1280. The molecule has 0 saturated carbocycles. The van der Waals surface area contributed by atoms with E-state index in [1.807, 2.05) is 6.07 Å². The molecule has 33 heavy (non-hydrogen) atoms. The average Bonchev–Trinajstić information content (AvgIpc) is 3.28. The molecule has 0 N–H and O–H groups in total. The molecule has 172 valence electrons. The smallest absolute Gasteiger partial charge is 0.135 e. The van der Waals surface area contributed by atoms with Crippen LogP contribution in [0.5, 0.6) is 0 Å². The summed E-state index contributed by atoms with van der Waals surface area (Å²) in [6, 6.07) is 24.7. The van der Waals surface area contributed by atoms with E-state index in [-0.39, 0.29) is 11.6 Å². The van der Waals surface area contributed by atoms with Crippen molar-refractivity contribution in [2.75, 3.05) is 9.80 Å². The first-order valence-electron chi connectivity index (χ1n) is 12.2. The summed E-state index contributed by atoms with van der Waals surface area (Å²) in [4.78, 5) is 5.38. The van der Waals surface area contributed by atoms with Crippen LogP contribution in [0.15, 0.2) is 71.1 Å². The molecule has 0 radical (unpaired) electrons. The SMILES string of the molecule is Cc1cc2oc3ccccc3c2cc1N1C(C(C)(C)C)N(c2ccccc2)C(C(C)C)[C@@H]1C. The van der Waals surface area contributed by atoms with E-state index in [4.69, 9.17) is 4.42 Å². The summed E-state index contributed by atoms with van der Waals surface area (Å²) < 4.78 is 6.19. The number of aryl methyl sites for hydroxylation is 1. The van der Waals surface area contributed by atoms with E-state index >= 15 is 0 Å². The van der Waals surface area contributed by atoms with Gasteiger partial charge in [0.25, 0.3) is 0 Å². The molecule has 0 aliphatic carbocycles. The van der Waals surface area contributed by atoms with Crippen LogP contribution >= 0.6 is 0 Å². The fourth-order valence-electron chi connectivity index (χ4n) is 6.03. The van der Waals surface area contributed by atoms with Gasteiger partial charge in [0, 0.05) is 33.6 Å². The first-order valence-corrected chi connectivity index (χ1v) is 12.2. The van der Waals surface area contributed by atoms with Crippen molar-refractivity contribution in [3.63, 3.8) is 0 Å². The highest BCUT2D eigenvalue weighted by Gasteiger charge is 2.51. The standard InChI is InChI=1S/C30H36N2O/c1-19(2)28-21(4)31(29(30(5,6)7)32(28)22-13-9-8-10-14-22)25-18-24-23-15-11-12-16-26(23)33-27(24)17-20(25)3/h8-19,21,28-29H,1-7H3/t21-,28?,29?/m0/s1. The van der Waals surface area contributed by atoms with E-state index in [2.05, 4.69) is 119 Å². The summed E-state index contributed by atoms with van der Waals surface area (Å²) in [6.45, 7) is 16.5. The van der Waals surface area contributed by atoms with Gasteiger partial charge in [0.1, 0.15) is 17.3 Å². The van der Waals surface area contributed by atoms with Crippen LogP contribution in [0.4, 0.5) is 11.4 Å². The lowest BCUT2D eigenvalue weighted by atomic mass is 9.89. The topological polar surface area (TPSA) is 19.6 Å². The minimum Gasteiger partial charge on any atom is -0.456 e. The highest BCUT2D eigenvalue weighted by atomic mass is 16.3. The molecule has 1 aliphatic heterocycles. The molecule has 3 atom stereocenters. The van der Waals surface area contributed by atoms with Crippen LogP contribution < -0.4 is 9.80 Å². The third-order valence-corrected chi connectivity index (χ3v) is 7.27. The van der Waals surface area contributed by atoms with Crippen molar-refractivity contribution in [2.24, 2.45) is 11.3 Å². The van der Waals surface area contributed by atoms with Crippen molar-refractivity contribution in [1.29, 1.82) is 0 Å². The van der Waals surface area contributed by atoms with Gasteiger partial charge in [-0.25, -0.2) is 0 Å². The molecule has 3 heteroatoms. The van der Waals surface area contributed by atoms with E-state index in [9.17, 15) is 0 Å². The Morgan fingerprint density at radius 2 is 1.48 bits per heavy atom. The normalized spacial score (nSPS) is 21.6. The quantitative estimate of drug-likeness (QED) is 0.322. The molecule has 3 aromatic carbocycles. The summed E-state index contributed by atoms with van der Waals surface area (Å²) in [7, 11) is 0. The number of anilines is 2. The second-order valence-electron chi connectivity index (χ2n) is 11.1. The molecule has 2 heterocycles. The third kappa shape index (κ3) is 3.49. The first kappa shape index (κ1) is 21.9. The van der Waals surface area contributed by atoms with Gasteiger partial charge in [-0.3, -0.25) is 0 Å². The molecule has 3 nitrogen and oxygen atoms in total. The number of rotatable bonds is 3. The molecule has 0 bridgehead atoms. The fourth-order valence-corrected chi connectivity index (χ4v) is 6.03. The molecule has 5 rings (SSSR count). The van der Waals surface area contributed by atoms with E-state index < -0.39 is 0 Å². The predicted molar refractivity (Wildman–Crippen MR) is 141 cm³/mol. The van der Waals surface area contributed by atoms with E-state index in [1.54, 1.807) is 0 Å². The van der Waals surface area contributed by atoms with Gasteiger partial charge in [-0.1, -0.05) is 71.0 Å². The summed E-state index contributed by atoms with van der Waals surface area (Å²) in [5.41, 5.74) is 5.85. The van der Waals surface area contributed by atoms with Gasteiger partial charge in [0.2, 0.25) is 0 Å². The maximum absolute atomic E-state index is 6.19. The first-order chi connectivity index (χ1) is 15.7. The monoisotopic (exact) mass is 440 g/mol. The van der Waals surface area contributed by atoms with Crippen molar-refractivity contribution >= 4 is 33.3 Å². The number of fused-ring (bicyclic) bond motifs is 3. The number of hydrogen-bond donors (Lipinski definition) is 0. The number of benzene rings is 3. The lowest BCUT2D eigenvalue weighted by Crippen LogP contribution is -2.50. The summed E-state index contributed by atoms with van der Waals surface area (Å²) in [5, 5.41) is 2.39. The van der Waals surface area contributed by atoms with Crippen LogP contribution in [-0.2, 0) is 0 Å². The highest BCUT2D eigenvalue weighted by molar-refractivity contribution is 6.06. The van der Waals surface area contributed by atoms with Gasteiger partial charge < -0.3 is 14.2 Å². The molecule has 0 amide bonds. The Morgan fingerprint density at radius 1 is 0.818 bits per heavy atom. The highest BCUT2D eigenvalue weighted by Crippen LogP contribution is 2.46. The Labute approximate surface area is 198 Å². The minimum absolute atomic E-state index is 0.0492. The van der Waals surface area contributed by atoms with Gasteiger partial charge in [0.05, 0.1) is 6.04 Å². The number of para-hydroxylation sites is 2. The van der Waals surface area contributed by atoms with Crippen molar-refractivity contribution in [2.45, 2.75) is 66.7 Å². The minimum atomic E-state index is 0.0492. The largest absolute Gasteiger partial charge is 0.456 e. The van der Waals surface area contributed by atoms with E-state index in [1.165, 1.54) is 27.7 Å². The zero-order valence-electron chi connectivity index (χ0n) is 21.0. The van der Waals surface area contributed by atoms with E-state index in [0.717, 1.165) is 11.2 Å². The molecule has 0 spiro atoms. The molecule has 2 unspecified atom stereocenters. The van der Waals surface area contributed by atoms with E-state index in [0.29, 0.717) is 18.0 Å². The molecule has 1 fully saturated rings. The van der Waals surface area contributed by atoms with Gasteiger partial charge in [-0.05, 0) is 55.7 Å². The second-order valence-corrected chi connectivity index (χ2v) is 11.1. The van der Waals surface area contributed by atoms with Gasteiger partial charge in [0.15, 0.2) is 0 Å². The summed E-state index contributed by atoms with van der Waals surface area (Å²) in [6.07, 6.45) is 0.233. The third-order valence-electron chi connectivity index (χ3n) is 7.27. The van der Waals surface area contributed by atoms with Crippen molar-refractivity contribution in [3.8, 4) is 0 Å². The van der Waals surface area contributed by atoms with Gasteiger partial charge in [-0.2, -0.15) is 0 Å². The maximum atomic E-state index is 6.19. The Morgan fingerprint density at radius 3 is 2.15 bits per heavy atom. The fraction of sp³-hybridized carbons (Fsp3) is 0.400. The van der Waals surface area contributed by atoms with Crippen LogP contribution in [0.25, 0.3) is 21.9 Å². The Hall–Kier alpha value is -2.94. The maximum Gasteiger partial charge on any atom is 0.135 e. The number of hydrogen-bond acceptors (Lipinski definition) is 3. The van der Waals surface area contributed by atoms with Crippen LogP contribution in [0.2, 0.25) is 0 Å². The summed E-state index contributed by atoms with van der Waals surface area (Å²) in [5.74, 6) is 0.522. The summed E-state index contributed by atoms with van der Waals surface area (Å²) >= 11 is 0. The zero-order valence-corrected chi connectivity index (χ0v) is 21.0. The molecular weight excluding hydrogens is 404 g/mol. The molecule has 1 aliphatic rings. The van der Waals surface area contributed by atoms with Crippen LogP contribution in [0, 0.1) is 18.3 Å². The van der Waals surface area contributed by atoms with Crippen LogP contribution in [0.3, 0.4) is 0 Å². The number of nitrogens with zero attached hydrogens (tertiary/aromatic N) is 2. The Balaban J connectivity index is 1.74. The van der Waals surface area contributed by atoms with Crippen LogP contribution in [0.1, 0.15) is 47.1 Å². The van der Waals surface area contributed by atoms with Gasteiger partial charge in [-0.15, -0.1) is 0 Å². The number of furan rings is 1. The lowest BCUT2D eigenvalue weighted by molar-refractivity contribution is 0.312. The average molecular weight is 441 g/mol. The van der Waals surface area contributed by atoms with Crippen LogP contribution in [-0.4, -0.2) is 18.2 Å². The second kappa shape index (κ2) is 7.83. The molecular formula is C30H36N2O. The Kier molecular flexibility index (Phi) is 5.19. The molecule has 1 saturated heterocycles. The molecule has 4 aromatic rings. The zero-order chi connectivity index (χ0) is 23.5. The van der Waals surface area contributed by atoms with Crippen molar-refractivity contribution in [3.05, 3.63) is 72.3 Å². The molecule has 1 aromatic heterocycles. The van der Waals surface area contributed by atoms with Gasteiger partial charge >= 0.3 is 0 Å².